The second-order valence-corrected chi connectivity index (χ2v) is 9.27. The van der Waals surface area contributed by atoms with Gasteiger partial charge in [0.2, 0.25) is 0 Å². The first-order chi connectivity index (χ1) is 13.3. The molecular weight excluding hydrogens is 376 g/mol. The predicted molar refractivity (Wildman–Crippen MR) is 109 cm³/mol. The number of likely N-dealkylation sites (tertiary alicyclic amines) is 1. The van der Waals surface area contributed by atoms with Crippen LogP contribution in [0, 0.1) is 0 Å². The van der Waals surface area contributed by atoms with E-state index in [1.54, 1.807) is 4.52 Å². The molecule has 2 aromatic rings. The molecule has 2 aliphatic rings. The van der Waals surface area contributed by atoms with Crippen LogP contribution < -0.4 is 0 Å². The van der Waals surface area contributed by atoms with Crippen LogP contribution in [0.15, 0.2) is 6.07 Å². The molecule has 0 spiro atoms. The lowest BCUT2D eigenvalue weighted by Crippen LogP contribution is -2.42. The van der Waals surface area contributed by atoms with E-state index in [2.05, 4.69) is 0 Å². The zero-order chi connectivity index (χ0) is 19.9. The molecule has 0 bridgehead atoms. The molecule has 0 N–H and O–H groups in total. The average Bonchev–Trinajstić information content (AvgIpc) is 2.92. The number of rotatable bonds is 1. The number of amides is 1. The second-order valence-electron chi connectivity index (χ2n) is 8.91. The largest absolute Gasteiger partial charge is 0.444 e. The lowest BCUT2D eigenvalue weighted by atomic mass is 10.00. The van der Waals surface area contributed by atoms with Crippen molar-refractivity contribution in [3.8, 4) is 0 Å². The van der Waals surface area contributed by atoms with Gasteiger partial charge in [-0.2, -0.15) is 5.10 Å². The molecule has 0 radical (unpaired) electrons. The van der Waals surface area contributed by atoms with Gasteiger partial charge in [-0.1, -0.05) is 18.0 Å². The summed E-state index contributed by atoms with van der Waals surface area (Å²) in [6, 6.07) is 1.89. The first-order valence-corrected chi connectivity index (χ1v) is 10.8. The number of hydrogen-bond acceptors (Lipinski definition) is 4. The van der Waals surface area contributed by atoms with E-state index in [1.165, 1.54) is 6.42 Å². The maximum Gasteiger partial charge on any atom is 0.410 e. The van der Waals surface area contributed by atoms with E-state index in [-0.39, 0.29) is 12.1 Å². The lowest BCUT2D eigenvalue weighted by molar-refractivity contribution is 0.00898. The molecule has 1 aliphatic carbocycles. The van der Waals surface area contributed by atoms with Crippen LogP contribution in [0.4, 0.5) is 4.79 Å². The molecule has 1 amide bonds. The molecule has 4 rings (SSSR count). The zero-order valence-electron chi connectivity index (χ0n) is 17.0. The molecule has 0 saturated carbocycles. The molecule has 2 aromatic heterocycles. The van der Waals surface area contributed by atoms with Crippen LogP contribution in [0.1, 0.15) is 82.3 Å². The Morgan fingerprint density at radius 3 is 2.75 bits per heavy atom. The minimum absolute atomic E-state index is 0.0961. The van der Waals surface area contributed by atoms with Crippen LogP contribution in [0.2, 0.25) is 5.15 Å². The van der Waals surface area contributed by atoms with Crippen LogP contribution >= 0.6 is 11.6 Å². The van der Waals surface area contributed by atoms with Crippen molar-refractivity contribution in [2.24, 2.45) is 0 Å². The molecule has 3 heterocycles. The van der Waals surface area contributed by atoms with Gasteiger partial charge in [-0.25, -0.2) is 14.3 Å². The van der Waals surface area contributed by atoms with Crippen molar-refractivity contribution < 1.29 is 9.53 Å². The minimum atomic E-state index is -0.513. The van der Waals surface area contributed by atoms with Gasteiger partial charge in [-0.15, -0.1) is 0 Å². The second kappa shape index (κ2) is 7.54. The minimum Gasteiger partial charge on any atom is -0.444 e. The van der Waals surface area contributed by atoms with Gasteiger partial charge in [-0.05, 0) is 65.7 Å². The number of piperidine rings is 1. The van der Waals surface area contributed by atoms with Crippen molar-refractivity contribution in [1.82, 2.24) is 19.5 Å². The molecule has 1 saturated heterocycles. The quantitative estimate of drug-likeness (QED) is 0.489. The van der Waals surface area contributed by atoms with Crippen molar-refractivity contribution in [2.75, 3.05) is 6.54 Å². The number of halogens is 1. The maximum absolute atomic E-state index is 12.8. The Balaban J connectivity index is 1.69. The van der Waals surface area contributed by atoms with Crippen LogP contribution in [-0.4, -0.2) is 37.7 Å². The van der Waals surface area contributed by atoms with Gasteiger partial charge in [0, 0.05) is 23.9 Å². The highest BCUT2D eigenvalue weighted by Gasteiger charge is 2.33. The van der Waals surface area contributed by atoms with Gasteiger partial charge in [0.1, 0.15) is 10.8 Å². The molecular formula is C21H29ClN4O2. The number of aromatic nitrogens is 3. The highest BCUT2D eigenvalue weighted by molar-refractivity contribution is 6.30. The third-order valence-corrected chi connectivity index (χ3v) is 5.94. The standard InChI is InChI=1S/C21H29ClN4O2/c1-21(2,3)28-20(27)25-12-8-7-11-17(25)16-13-18-23-15-10-6-4-5-9-14(15)19(22)26(18)24-16/h13,17H,4-12H2,1-3H3. The maximum atomic E-state index is 12.8. The fourth-order valence-corrected chi connectivity index (χ4v) is 4.56. The first-order valence-electron chi connectivity index (χ1n) is 10.4. The van der Waals surface area contributed by atoms with Gasteiger partial charge in [0.05, 0.1) is 11.7 Å². The highest BCUT2D eigenvalue weighted by atomic mass is 35.5. The molecule has 1 aliphatic heterocycles. The van der Waals surface area contributed by atoms with Crippen molar-refractivity contribution in [2.45, 2.75) is 83.8 Å². The Kier molecular flexibility index (Phi) is 5.25. The molecule has 1 atom stereocenters. The number of ether oxygens (including phenoxy) is 1. The van der Waals surface area contributed by atoms with Gasteiger partial charge in [-0.3, -0.25) is 4.90 Å². The highest BCUT2D eigenvalue weighted by Crippen LogP contribution is 2.34. The number of carbonyl (C=O) groups is 1. The van der Waals surface area contributed by atoms with Crippen molar-refractivity contribution >= 4 is 23.3 Å². The van der Waals surface area contributed by atoms with Crippen molar-refractivity contribution in [3.05, 3.63) is 28.2 Å². The van der Waals surface area contributed by atoms with Crippen molar-refractivity contribution in [1.29, 1.82) is 0 Å². The molecule has 28 heavy (non-hydrogen) atoms. The number of hydrogen-bond donors (Lipinski definition) is 0. The van der Waals surface area contributed by atoms with Crippen LogP contribution in [0.5, 0.6) is 0 Å². The fourth-order valence-electron chi connectivity index (χ4n) is 4.23. The molecule has 0 aromatic carbocycles. The SMILES string of the molecule is CC(C)(C)OC(=O)N1CCCCC1c1cc2nc3c(c(Cl)n2n1)CCCCC3. The van der Waals surface area contributed by atoms with E-state index in [0.717, 1.165) is 67.5 Å². The Bertz CT molecular complexity index is 887. The van der Waals surface area contributed by atoms with Crippen LogP contribution in [0.3, 0.4) is 0 Å². The summed E-state index contributed by atoms with van der Waals surface area (Å²) in [6.07, 6.45) is 8.09. The van der Waals surface area contributed by atoms with Gasteiger partial charge < -0.3 is 4.74 Å². The summed E-state index contributed by atoms with van der Waals surface area (Å²) in [5.74, 6) is 0. The average molecular weight is 405 g/mol. The monoisotopic (exact) mass is 404 g/mol. The van der Waals surface area contributed by atoms with E-state index in [1.807, 2.05) is 31.7 Å². The number of fused-ring (bicyclic) bond motifs is 2. The summed E-state index contributed by atoms with van der Waals surface area (Å²) in [7, 11) is 0. The molecule has 7 heteroatoms. The summed E-state index contributed by atoms with van der Waals surface area (Å²) in [5, 5.41) is 5.45. The normalized spacial score (nSPS) is 20.7. The van der Waals surface area contributed by atoms with E-state index in [0.29, 0.717) is 11.7 Å². The number of aryl methyl sites for hydroxylation is 1. The zero-order valence-corrected chi connectivity index (χ0v) is 17.8. The summed E-state index contributed by atoms with van der Waals surface area (Å²) < 4.78 is 7.39. The molecule has 1 fully saturated rings. The summed E-state index contributed by atoms with van der Waals surface area (Å²) in [4.78, 5) is 19.4. The summed E-state index contributed by atoms with van der Waals surface area (Å²) in [5.41, 5.74) is 3.35. The predicted octanol–water partition coefficient (Wildman–Crippen LogP) is 5.11. The van der Waals surface area contributed by atoms with Gasteiger partial charge >= 0.3 is 6.09 Å². The van der Waals surface area contributed by atoms with E-state index >= 15 is 0 Å². The molecule has 6 nitrogen and oxygen atoms in total. The Morgan fingerprint density at radius 1 is 1.18 bits per heavy atom. The van der Waals surface area contributed by atoms with E-state index in [4.69, 9.17) is 26.4 Å². The lowest BCUT2D eigenvalue weighted by Gasteiger charge is -2.35. The topological polar surface area (TPSA) is 59.7 Å². The number of carbonyl (C=O) groups excluding carboxylic acids is 1. The van der Waals surface area contributed by atoms with Gasteiger partial charge in [0.25, 0.3) is 0 Å². The van der Waals surface area contributed by atoms with Crippen molar-refractivity contribution in [3.63, 3.8) is 0 Å². The van der Waals surface area contributed by atoms with E-state index < -0.39 is 5.60 Å². The fraction of sp³-hybridized carbons (Fsp3) is 0.667. The van der Waals surface area contributed by atoms with Gasteiger partial charge in [0.15, 0.2) is 5.65 Å². The Hall–Kier alpha value is -1.82. The summed E-state index contributed by atoms with van der Waals surface area (Å²) in [6.45, 7) is 6.37. The van der Waals surface area contributed by atoms with Crippen LogP contribution in [0.25, 0.3) is 5.65 Å². The smallest absolute Gasteiger partial charge is 0.410 e. The molecule has 152 valence electrons. The van der Waals surface area contributed by atoms with E-state index in [9.17, 15) is 4.79 Å². The third kappa shape index (κ3) is 3.84. The first kappa shape index (κ1) is 19.5. The number of nitrogens with zero attached hydrogens (tertiary/aromatic N) is 4. The summed E-state index contributed by atoms with van der Waals surface area (Å²) >= 11 is 6.73. The Labute approximate surface area is 171 Å². The third-order valence-electron chi connectivity index (χ3n) is 5.55. The van der Waals surface area contributed by atoms with Crippen LogP contribution in [-0.2, 0) is 17.6 Å². The molecule has 1 unspecified atom stereocenters. The Morgan fingerprint density at radius 2 is 1.96 bits per heavy atom.